The third-order valence-electron chi connectivity index (χ3n) is 3.27. The fourth-order valence-corrected chi connectivity index (χ4v) is 2.13. The smallest absolute Gasteiger partial charge is 0.298 e. The SMILES string of the molecule is Cc1ccc(CN(C)c2nc3cc(N)ccc3o2)cc1. The Hall–Kier alpha value is -2.49. The van der Waals surface area contributed by atoms with Crippen molar-refractivity contribution < 1.29 is 4.42 Å². The first-order valence-corrected chi connectivity index (χ1v) is 6.54. The summed E-state index contributed by atoms with van der Waals surface area (Å²) in [6, 6.07) is 14.5. The van der Waals surface area contributed by atoms with Crippen LogP contribution in [0.2, 0.25) is 0 Å². The zero-order valence-corrected chi connectivity index (χ0v) is 11.6. The average molecular weight is 267 g/mol. The van der Waals surface area contributed by atoms with Gasteiger partial charge in [-0.3, -0.25) is 0 Å². The van der Waals surface area contributed by atoms with Crippen LogP contribution in [0.25, 0.3) is 11.1 Å². The molecular formula is C16H17N3O. The topological polar surface area (TPSA) is 55.3 Å². The van der Waals surface area contributed by atoms with Crippen LogP contribution in [0.3, 0.4) is 0 Å². The van der Waals surface area contributed by atoms with Crippen molar-refractivity contribution in [2.45, 2.75) is 13.5 Å². The molecule has 0 saturated carbocycles. The van der Waals surface area contributed by atoms with Gasteiger partial charge in [0.2, 0.25) is 0 Å². The highest BCUT2D eigenvalue weighted by Gasteiger charge is 2.10. The molecular weight excluding hydrogens is 250 g/mol. The fraction of sp³-hybridized carbons (Fsp3) is 0.188. The van der Waals surface area contributed by atoms with E-state index in [2.05, 4.69) is 36.2 Å². The number of rotatable bonds is 3. The van der Waals surface area contributed by atoms with E-state index in [4.69, 9.17) is 10.2 Å². The van der Waals surface area contributed by atoms with Crippen LogP contribution in [0.15, 0.2) is 46.9 Å². The highest BCUT2D eigenvalue weighted by Crippen LogP contribution is 2.23. The third-order valence-corrected chi connectivity index (χ3v) is 3.27. The van der Waals surface area contributed by atoms with Crippen LogP contribution in [0.1, 0.15) is 11.1 Å². The molecule has 0 aliphatic carbocycles. The number of nitrogen functional groups attached to an aromatic ring is 1. The van der Waals surface area contributed by atoms with Gasteiger partial charge in [0.25, 0.3) is 6.01 Å². The predicted molar refractivity (Wildman–Crippen MR) is 81.7 cm³/mol. The highest BCUT2D eigenvalue weighted by molar-refractivity contribution is 5.78. The molecule has 2 N–H and O–H groups in total. The van der Waals surface area contributed by atoms with Crippen molar-refractivity contribution in [3.8, 4) is 0 Å². The molecule has 0 amide bonds. The summed E-state index contributed by atoms with van der Waals surface area (Å²) in [5.74, 6) is 0. The average Bonchev–Trinajstić information content (AvgIpc) is 2.84. The molecule has 0 aliphatic rings. The van der Waals surface area contributed by atoms with E-state index in [0.29, 0.717) is 11.7 Å². The standard InChI is InChI=1S/C16H17N3O/c1-11-3-5-12(6-4-11)10-19(2)16-18-14-9-13(17)7-8-15(14)20-16/h3-9H,10,17H2,1-2H3. The number of fused-ring (bicyclic) bond motifs is 1. The lowest BCUT2D eigenvalue weighted by Crippen LogP contribution is -2.16. The summed E-state index contributed by atoms with van der Waals surface area (Å²) in [6.45, 7) is 2.83. The second-order valence-electron chi connectivity index (χ2n) is 5.07. The summed E-state index contributed by atoms with van der Waals surface area (Å²) in [5, 5.41) is 0. The Morgan fingerprint density at radius 2 is 1.90 bits per heavy atom. The molecule has 0 spiro atoms. The van der Waals surface area contributed by atoms with Crippen molar-refractivity contribution in [2.75, 3.05) is 17.7 Å². The summed E-state index contributed by atoms with van der Waals surface area (Å²) in [4.78, 5) is 6.45. The van der Waals surface area contributed by atoms with E-state index in [1.54, 1.807) is 0 Å². The normalized spacial score (nSPS) is 10.9. The van der Waals surface area contributed by atoms with E-state index in [1.165, 1.54) is 11.1 Å². The van der Waals surface area contributed by atoms with Gasteiger partial charge < -0.3 is 15.1 Å². The number of hydrogen-bond acceptors (Lipinski definition) is 4. The fourth-order valence-electron chi connectivity index (χ4n) is 2.13. The lowest BCUT2D eigenvalue weighted by Gasteiger charge is -2.14. The zero-order valence-electron chi connectivity index (χ0n) is 11.6. The molecule has 20 heavy (non-hydrogen) atoms. The molecule has 3 rings (SSSR count). The number of nitrogens with zero attached hydrogens (tertiary/aromatic N) is 2. The predicted octanol–water partition coefficient (Wildman–Crippen LogP) is 3.35. The lowest BCUT2D eigenvalue weighted by atomic mass is 10.1. The van der Waals surface area contributed by atoms with Gasteiger partial charge in [0.05, 0.1) is 0 Å². The number of nitrogens with two attached hydrogens (primary N) is 1. The number of aromatic nitrogens is 1. The monoisotopic (exact) mass is 267 g/mol. The Balaban J connectivity index is 1.84. The van der Waals surface area contributed by atoms with Crippen LogP contribution in [0.5, 0.6) is 0 Å². The van der Waals surface area contributed by atoms with Crippen molar-refractivity contribution in [1.82, 2.24) is 4.98 Å². The van der Waals surface area contributed by atoms with Gasteiger partial charge >= 0.3 is 0 Å². The van der Waals surface area contributed by atoms with Gasteiger partial charge in [-0.15, -0.1) is 0 Å². The van der Waals surface area contributed by atoms with E-state index >= 15 is 0 Å². The second kappa shape index (κ2) is 4.89. The van der Waals surface area contributed by atoms with Gasteiger partial charge in [0.15, 0.2) is 5.58 Å². The van der Waals surface area contributed by atoms with Gasteiger partial charge in [-0.25, -0.2) is 0 Å². The minimum atomic E-state index is 0.603. The Morgan fingerprint density at radius 1 is 1.15 bits per heavy atom. The van der Waals surface area contributed by atoms with Crippen molar-refractivity contribution in [3.63, 3.8) is 0 Å². The van der Waals surface area contributed by atoms with Gasteiger partial charge in [-0.1, -0.05) is 29.8 Å². The van der Waals surface area contributed by atoms with E-state index < -0.39 is 0 Å². The Labute approximate surface area is 117 Å². The minimum absolute atomic E-state index is 0.603. The number of oxazole rings is 1. The van der Waals surface area contributed by atoms with Crippen LogP contribution >= 0.6 is 0 Å². The van der Waals surface area contributed by atoms with Crippen molar-refractivity contribution in [3.05, 3.63) is 53.6 Å². The molecule has 4 nitrogen and oxygen atoms in total. The summed E-state index contributed by atoms with van der Waals surface area (Å²) in [6.07, 6.45) is 0. The molecule has 1 heterocycles. The number of aryl methyl sites for hydroxylation is 1. The van der Waals surface area contributed by atoms with Crippen molar-refractivity contribution >= 4 is 22.8 Å². The molecule has 0 unspecified atom stereocenters. The first-order valence-electron chi connectivity index (χ1n) is 6.54. The van der Waals surface area contributed by atoms with Crippen molar-refractivity contribution in [1.29, 1.82) is 0 Å². The Morgan fingerprint density at radius 3 is 2.65 bits per heavy atom. The van der Waals surface area contributed by atoms with Crippen LogP contribution in [0.4, 0.5) is 11.7 Å². The lowest BCUT2D eigenvalue weighted by molar-refractivity contribution is 0.582. The molecule has 0 bridgehead atoms. The summed E-state index contributed by atoms with van der Waals surface area (Å²) in [7, 11) is 1.97. The molecule has 0 aliphatic heterocycles. The van der Waals surface area contributed by atoms with Crippen LogP contribution in [-0.4, -0.2) is 12.0 Å². The summed E-state index contributed by atoms with van der Waals surface area (Å²) < 4.78 is 5.74. The number of hydrogen-bond donors (Lipinski definition) is 1. The maximum atomic E-state index is 5.75. The molecule has 0 fully saturated rings. The zero-order chi connectivity index (χ0) is 14.1. The maximum absolute atomic E-state index is 5.75. The molecule has 0 radical (unpaired) electrons. The number of anilines is 2. The number of benzene rings is 2. The Bertz CT molecular complexity index is 731. The molecule has 2 aromatic carbocycles. The molecule has 102 valence electrons. The van der Waals surface area contributed by atoms with E-state index in [-0.39, 0.29) is 0 Å². The van der Waals surface area contributed by atoms with Gasteiger partial charge in [0.1, 0.15) is 5.52 Å². The van der Waals surface area contributed by atoms with Crippen LogP contribution in [0, 0.1) is 6.92 Å². The highest BCUT2D eigenvalue weighted by atomic mass is 16.4. The first-order chi connectivity index (χ1) is 9.61. The van der Waals surface area contributed by atoms with Crippen LogP contribution in [-0.2, 0) is 6.54 Å². The molecule has 4 heteroatoms. The van der Waals surface area contributed by atoms with Crippen LogP contribution < -0.4 is 10.6 Å². The first kappa shape index (κ1) is 12.5. The summed E-state index contributed by atoms with van der Waals surface area (Å²) >= 11 is 0. The molecule has 0 atom stereocenters. The van der Waals surface area contributed by atoms with Gasteiger partial charge in [-0.2, -0.15) is 4.98 Å². The summed E-state index contributed by atoms with van der Waals surface area (Å²) in [5.41, 5.74) is 10.5. The second-order valence-corrected chi connectivity index (χ2v) is 5.07. The van der Waals surface area contributed by atoms with Gasteiger partial charge in [0, 0.05) is 19.3 Å². The van der Waals surface area contributed by atoms with Gasteiger partial charge in [-0.05, 0) is 30.7 Å². The van der Waals surface area contributed by atoms with E-state index in [0.717, 1.165) is 17.6 Å². The Kier molecular flexibility index (Phi) is 3.06. The largest absolute Gasteiger partial charge is 0.423 e. The quantitative estimate of drug-likeness (QED) is 0.739. The third kappa shape index (κ3) is 2.45. The van der Waals surface area contributed by atoms with E-state index in [9.17, 15) is 0 Å². The minimum Gasteiger partial charge on any atom is -0.423 e. The molecule has 3 aromatic rings. The maximum Gasteiger partial charge on any atom is 0.298 e. The van der Waals surface area contributed by atoms with Crippen molar-refractivity contribution in [2.24, 2.45) is 0 Å². The molecule has 0 saturated heterocycles. The van der Waals surface area contributed by atoms with E-state index in [1.807, 2.05) is 30.1 Å². The molecule has 1 aromatic heterocycles.